The molecule has 2 atom stereocenters. The quantitative estimate of drug-likeness (QED) is 0.0366. The van der Waals surface area contributed by atoms with E-state index in [-0.39, 0.29) is 22.6 Å². The maximum absolute atomic E-state index is 13.8. The molecule has 12 heteroatoms. The molecule has 3 aromatic carbocycles. The van der Waals surface area contributed by atoms with Gasteiger partial charge in [-0.25, -0.2) is 0 Å². The molecule has 1 fully saturated rings. The van der Waals surface area contributed by atoms with Crippen LogP contribution in [0.2, 0.25) is 5.02 Å². The monoisotopic (exact) mass is 705 g/mol. The molecule has 48 heavy (non-hydrogen) atoms. The normalized spacial score (nSPS) is 18.2. The van der Waals surface area contributed by atoms with Crippen LogP contribution in [0, 0.1) is 0 Å². The smallest absolute Gasteiger partial charge is 0.301 e. The van der Waals surface area contributed by atoms with E-state index in [1.54, 1.807) is 30.3 Å². The molecule has 2 aliphatic heterocycles. The van der Waals surface area contributed by atoms with Crippen LogP contribution in [0.3, 0.4) is 0 Å². The number of nitrogens with zero attached hydrogens (tertiary/aromatic N) is 3. The van der Waals surface area contributed by atoms with E-state index in [4.69, 9.17) is 25.8 Å². The van der Waals surface area contributed by atoms with Crippen molar-refractivity contribution in [1.29, 1.82) is 0 Å². The first-order valence-corrected chi connectivity index (χ1v) is 18.2. The van der Waals surface area contributed by atoms with Gasteiger partial charge in [0.1, 0.15) is 17.6 Å². The zero-order valence-corrected chi connectivity index (χ0v) is 29.3. The Balaban J connectivity index is 1.39. The molecule has 0 saturated carbocycles. The van der Waals surface area contributed by atoms with Crippen molar-refractivity contribution in [2.45, 2.75) is 68.7 Å². The van der Waals surface area contributed by atoms with Crippen LogP contribution in [-0.4, -0.2) is 46.3 Å². The van der Waals surface area contributed by atoms with Gasteiger partial charge in [-0.3, -0.25) is 14.5 Å². The summed E-state index contributed by atoms with van der Waals surface area (Å²) in [6.45, 7) is 6.90. The number of unbranched alkanes of at least 4 members (excludes halogenated alkanes) is 2. The predicted octanol–water partition coefficient (Wildman–Crippen LogP) is 8.40. The summed E-state index contributed by atoms with van der Waals surface area (Å²) in [7, 11) is 0. The molecular weight excluding hydrogens is 670 g/mol. The lowest BCUT2D eigenvalue weighted by Crippen LogP contribution is -2.29. The summed E-state index contributed by atoms with van der Waals surface area (Å²) in [5, 5.41) is 21.3. The molecule has 0 spiro atoms. The Morgan fingerprint density at radius 2 is 1.85 bits per heavy atom. The average molecular weight is 706 g/mol. The van der Waals surface area contributed by atoms with Gasteiger partial charge < -0.3 is 19.3 Å². The number of benzene rings is 3. The van der Waals surface area contributed by atoms with Crippen molar-refractivity contribution in [3.63, 3.8) is 0 Å². The first-order chi connectivity index (χ1) is 23.3. The highest BCUT2D eigenvalue weighted by Gasteiger charge is 2.48. The molecule has 0 aliphatic carbocycles. The maximum Gasteiger partial charge on any atom is 0.301 e. The van der Waals surface area contributed by atoms with Crippen LogP contribution in [0.5, 0.6) is 17.2 Å². The number of aliphatic hydroxyl groups is 1. The predicted molar refractivity (Wildman–Crippen MR) is 189 cm³/mol. The molecule has 1 saturated heterocycles. The van der Waals surface area contributed by atoms with Crippen molar-refractivity contribution in [1.82, 2.24) is 10.2 Å². The number of Topliss-reactive ketones (excluding diaryl/α,β-unsaturated/α-hetero) is 1. The van der Waals surface area contributed by atoms with Crippen LogP contribution in [-0.2, 0) is 21.8 Å². The minimum Gasteiger partial charge on any atom is -0.507 e. The number of thioether (sulfide) groups is 1. The van der Waals surface area contributed by atoms with Crippen LogP contribution < -0.4 is 19.1 Å². The summed E-state index contributed by atoms with van der Waals surface area (Å²) in [5.74, 6) is 0.517. The maximum atomic E-state index is 13.8. The molecule has 250 valence electrons. The Morgan fingerprint density at radius 3 is 2.62 bits per heavy atom. The average Bonchev–Trinajstić information content (AvgIpc) is 3.77. The lowest BCUT2D eigenvalue weighted by molar-refractivity contribution is -0.132. The number of carbonyl (C=O) groups is 2. The molecule has 0 bridgehead atoms. The molecule has 1 aromatic heterocycles. The van der Waals surface area contributed by atoms with E-state index in [0.29, 0.717) is 57.4 Å². The molecule has 3 heterocycles. The highest BCUT2D eigenvalue weighted by Crippen LogP contribution is 2.46. The van der Waals surface area contributed by atoms with Gasteiger partial charge >= 0.3 is 5.91 Å². The van der Waals surface area contributed by atoms with Crippen LogP contribution >= 0.6 is 34.7 Å². The van der Waals surface area contributed by atoms with Gasteiger partial charge in [0.25, 0.3) is 5.78 Å². The second-order valence-corrected chi connectivity index (χ2v) is 14.2. The molecule has 1 N–H and O–H groups in total. The van der Waals surface area contributed by atoms with Gasteiger partial charge in [0, 0.05) is 22.8 Å². The van der Waals surface area contributed by atoms with E-state index in [2.05, 4.69) is 17.1 Å². The Morgan fingerprint density at radius 1 is 1.04 bits per heavy atom. The second-order valence-electron chi connectivity index (χ2n) is 11.6. The first-order valence-electron chi connectivity index (χ1n) is 16.0. The molecule has 1 amide bonds. The van der Waals surface area contributed by atoms with Crippen LogP contribution in [0.15, 0.2) is 70.6 Å². The van der Waals surface area contributed by atoms with Gasteiger partial charge in [-0.05, 0) is 79.4 Å². The number of hydrogen-bond donors (Lipinski definition) is 1. The number of ether oxygens (including phenoxy) is 3. The standard InChI is InChI=1S/C36H36ClN3O6S2/c1-4-6-7-16-45-28-15-10-23(19-29(28)44-5-2)31-30(32(41)24-11-14-27-25(18-24)17-21(3)46-27)33(42)34(43)40(31)35-38-39-36(48-35)47-20-22-8-12-26(37)13-9-22/h8-15,18-19,21,31,41H,4-7,16-17,20H2,1-3H3. The number of halogens is 1. The van der Waals surface area contributed by atoms with E-state index >= 15 is 0 Å². The van der Waals surface area contributed by atoms with Crippen molar-refractivity contribution in [3.8, 4) is 17.2 Å². The summed E-state index contributed by atoms with van der Waals surface area (Å²) in [6.07, 6.45) is 3.71. The number of fused-ring (bicyclic) bond motifs is 1. The molecule has 4 aromatic rings. The lowest BCUT2D eigenvalue weighted by Gasteiger charge is -2.23. The molecule has 9 nitrogen and oxygen atoms in total. The highest BCUT2D eigenvalue weighted by molar-refractivity contribution is 8.00. The minimum atomic E-state index is -0.996. The Kier molecular flexibility index (Phi) is 10.6. The Bertz CT molecular complexity index is 1840. The van der Waals surface area contributed by atoms with Crippen molar-refractivity contribution in [2.24, 2.45) is 0 Å². The van der Waals surface area contributed by atoms with Crippen LogP contribution in [0.25, 0.3) is 5.76 Å². The lowest BCUT2D eigenvalue weighted by atomic mass is 9.94. The number of aromatic nitrogens is 2. The molecule has 2 aliphatic rings. The number of carbonyl (C=O) groups excluding carboxylic acids is 2. The molecular formula is C36H36ClN3O6S2. The largest absolute Gasteiger partial charge is 0.507 e. The van der Waals surface area contributed by atoms with Crippen LogP contribution in [0.1, 0.15) is 68.3 Å². The van der Waals surface area contributed by atoms with Crippen molar-refractivity contribution in [3.05, 3.63) is 93.5 Å². The zero-order chi connectivity index (χ0) is 33.8. The molecule has 0 radical (unpaired) electrons. The van der Waals surface area contributed by atoms with Gasteiger partial charge in [0.2, 0.25) is 5.13 Å². The summed E-state index contributed by atoms with van der Waals surface area (Å²) in [4.78, 5) is 29.0. The summed E-state index contributed by atoms with van der Waals surface area (Å²) in [5.41, 5.74) is 2.91. The van der Waals surface area contributed by atoms with Gasteiger partial charge in [-0.2, -0.15) is 0 Å². The third-order valence-corrected chi connectivity index (χ3v) is 10.5. The third-order valence-electron chi connectivity index (χ3n) is 8.08. The van der Waals surface area contributed by atoms with Gasteiger partial charge in [-0.1, -0.05) is 72.7 Å². The van der Waals surface area contributed by atoms with Gasteiger partial charge in [0.05, 0.1) is 24.8 Å². The number of ketones is 1. The number of anilines is 1. The van der Waals surface area contributed by atoms with E-state index in [0.717, 1.165) is 36.1 Å². The number of amides is 1. The summed E-state index contributed by atoms with van der Waals surface area (Å²) < 4.78 is 18.5. The van der Waals surface area contributed by atoms with E-state index in [1.807, 2.05) is 44.2 Å². The van der Waals surface area contributed by atoms with Crippen LogP contribution in [0.4, 0.5) is 5.13 Å². The second kappa shape index (κ2) is 15.0. The number of aliphatic hydroxyl groups excluding tert-OH is 1. The van der Waals surface area contributed by atoms with Crippen molar-refractivity contribution >= 4 is 57.3 Å². The van der Waals surface area contributed by atoms with E-state index in [1.165, 1.54) is 28.0 Å². The first kappa shape index (κ1) is 33.8. The molecule has 2 unspecified atom stereocenters. The topological polar surface area (TPSA) is 111 Å². The fraction of sp³-hybridized carbons (Fsp3) is 0.333. The van der Waals surface area contributed by atoms with Gasteiger partial charge in [0.15, 0.2) is 15.8 Å². The fourth-order valence-corrected chi connectivity index (χ4v) is 7.72. The number of hydrogen-bond acceptors (Lipinski definition) is 10. The van der Waals surface area contributed by atoms with Crippen molar-refractivity contribution < 1.29 is 28.9 Å². The minimum absolute atomic E-state index is 0.00632. The van der Waals surface area contributed by atoms with Crippen molar-refractivity contribution in [2.75, 3.05) is 18.1 Å². The zero-order valence-electron chi connectivity index (χ0n) is 26.9. The Labute approximate surface area is 292 Å². The summed E-state index contributed by atoms with van der Waals surface area (Å²) in [6, 6.07) is 17.2. The van der Waals surface area contributed by atoms with Gasteiger partial charge in [-0.15, -0.1) is 10.2 Å². The van der Waals surface area contributed by atoms with E-state index < -0.39 is 17.7 Å². The fourth-order valence-electron chi connectivity index (χ4n) is 5.77. The third kappa shape index (κ3) is 7.18. The summed E-state index contributed by atoms with van der Waals surface area (Å²) >= 11 is 8.71. The number of rotatable bonds is 13. The highest BCUT2D eigenvalue weighted by atomic mass is 35.5. The van der Waals surface area contributed by atoms with E-state index in [9.17, 15) is 14.7 Å². The Hall–Kier alpha value is -4.06. The molecule has 6 rings (SSSR count). The SMILES string of the molecule is CCCCCOc1ccc(C2C(=C(O)c3ccc4c(c3)CC(C)O4)C(=O)C(=O)N2c2nnc(SCc3ccc(Cl)cc3)s2)cc1OCC.